The van der Waals surface area contributed by atoms with Gasteiger partial charge in [0.25, 0.3) is 5.91 Å². The molecule has 0 fully saturated rings. The molecule has 0 aliphatic carbocycles. The molecule has 18 heavy (non-hydrogen) atoms. The van der Waals surface area contributed by atoms with Crippen molar-refractivity contribution < 1.29 is 14.3 Å². The Bertz CT molecular complexity index is 415. The lowest BCUT2D eigenvalue weighted by Gasteiger charge is -2.25. The van der Waals surface area contributed by atoms with Crippen LogP contribution in [0.3, 0.4) is 0 Å². The molecule has 1 aromatic carbocycles. The van der Waals surface area contributed by atoms with Crippen LogP contribution < -0.4 is 10.1 Å². The maximum absolute atomic E-state index is 12.0. The van der Waals surface area contributed by atoms with Gasteiger partial charge < -0.3 is 14.8 Å². The van der Waals surface area contributed by atoms with Gasteiger partial charge in [-0.3, -0.25) is 4.79 Å². The number of carbonyl (C=O) groups excluding carboxylic acids is 1. The van der Waals surface area contributed by atoms with Gasteiger partial charge in [0, 0.05) is 12.7 Å². The molecule has 0 heterocycles. The van der Waals surface area contributed by atoms with E-state index in [1.165, 1.54) is 7.11 Å². The SMILES string of the molecule is COc1ccccc1[C@H](C)NC(=O)C(C)(C)OC. The van der Waals surface area contributed by atoms with E-state index in [1.807, 2.05) is 31.2 Å². The molecule has 1 N–H and O–H groups in total. The van der Waals surface area contributed by atoms with Gasteiger partial charge in [0.15, 0.2) is 0 Å². The number of methoxy groups -OCH3 is 2. The number of rotatable bonds is 5. The van der Waals surface area contributed by atoms with Crippen LogP contribution in [-0.2, 0) is 9.53 Å². The molecule has 0 radical (unpaired) electrons. The molecule has 0 aliphatic rings. The third-order valence-corrected chi connectivity index (χ3v) is 3.01. The van der Waals surface area contributed by atoms with Gasteiger partial charge in [0.05, 0.1) is 13.2 Å². The summed E-state index contributed by atoms with van der Waals surface area (Å²) >= 11 is 0. The van der Waals surface area contributed by atoms with Crippen molar-refractivity contribution >= 4 is 5.91 Å². The predicted molar refractivity (Wildman–Crippen MR) is 70.6 cm³/mol. The van der Waals surface area contributed by atoms with Crippen molar-refractivity contribution in [1.29, 1.82) is 0 Å². The first kappa shape index (κ1) is 14.5. The zero-order valence-electron chi connectivity index (χ0n) is 11.6. The van der Waals surface area contributed by atoms with Crippen molar-refractivity contribution in [3.05, 3.63) is 29.8 Å². The fourth-order valence-corrected chi connectivity index (χ4v) is 1.57. The van der Waals surface area contributed by atoms with E-state index in [2.05, 4.69) is 5.32 Å². The van der Waals surface area contributed by atoms with E-state index in [0.29, 0.717) is 0 Å². The van der Waals surface area contributed by atoms with Crippen molar-refractivity contribution in [3.63, 3.8) is 0 Å². The van der Waals surface area contributed by atoms with Gasteiger partial charge in [-0.2, -0.15) is 0 Å². The van der Waals surface area contributed by atoms with Gasteiger partial charge in [-0.1, -0.05) is 18.2 Å². The van der Waals surface area contributed by atoms with Crippen LogP contribution in [0.5, 0.6) is 5.75 Å². The zero-order valence-corrected chi connectivity index (χ0v) is 11.6. The number of hydrogen-bond acceptors (Lipinski definition) is 3. The molecule has 4 nitrogen and oxygen atoms in total. The maximum atomic E-state index is 12.0. The first-order valence-corrected chi connectivity index (χ1v) is 5.91. The minimum Gasteiger partial charge on any atom is -0.496 e. The van der Waals surface area contributed by atoms with E-state index in [-0.39, 0.29) is 11.9 Å². The average Bonchev–Trinajstić information content (AvgIpc) is 2.38. The largest absolute Gasteiger partial charge is 0.496 e. The molecule has 100 valence electrons. The monoisotopic (exact) mass is 251 g/mol. The number of amides is 1. The molecule has 4 heteroatoms. The summed E-state index contributed by atoms with van der Waals surface area (Å²) in [7, 11) is 3.14. The number of nitrogens with one attached hydrogen (secondary N) is 1. The molecule has 0 aliphatic heterocycles. The highest BCUT2D eigenvalue weighted by Gasteiger charge is 2.28. The number of para-hydroxylation sites is 1. The van der Waals surface area contributed by atoms with Crippen LogP contribution in [0, 0.1) is 0 Å². The summed E-state index contributed by atoms with van der Waals surface area (Å²) < 4.78 is 10.4. The molecule has 0 saturated heterocycles. The zero-order chi connectivity index (χ0) is 13.8. The second-order valence-electron chi connectivity index (χ2n) is 4.65. The van der Waals surface area contributed by atoms with E-state index in [9.17, 15) is 4.79 Å². The maximum Gasteiger partial charge on any atom is 0.252 e. The summed E-state index contributed by atoms with van der Waals surface area (Å²) in [5, 5.41) is 2.92. The van der Waals surface area contributed by atoms with Gasteiger partial charge in [-0.25, -0.2) is 0 Å². The first-order chi connectivity index (χ1) is 8.42. The topological polar surface area (TPSA) is 47.6 Å². The lowest BCUT2D eigenvalue weighted by molar-refractivity contribution is -0.140. The molecule has 0 aromatic heterocycles. The third kappa shape index (κ3) is 3.23. The van der Waals surface area contributed by atoms with E-state index in [4.69, 9.17) is 9.47 Å². The Labute approximate surface area is 108 Å². The van der Waals surface area contributed by atoms with Crippen LogP contribution in [0.1, 0.15) is 32.4 Å². The van der Waals surface area contributed by atoms with Gasteiger partial charge >= 0.3 is 0 Å². The Morgan fingerprint density at radius 1 is 1.28 bits per heavy atom. The van der Waals surface area contributed by atoms with Crippen molar-refractivity contribution in [2.24, 2.45) is 0 Å². The smallest absolute Gasteiger partial charge is 0.252 e. The number of benzene rings is 1. The van der Waals surface area contributed by atoms with Crippen molar-refractivity contribution in [1.82, 2.24) is 5.32 Å². The van der Waals surface area contributed by atoms with Gasteiger partial charge in [0.2, 0.25) is 0 Å². The van der Waals surface area contributed by atoms with Crippen molar-refractivity contribution in [3.8, 4) is 5.75 Å². The summed E-state index contributed by atoms with van der Waals surface area (Å²) in [5.41, 5.74) is 0.108. The molecule has 1 atom stereocenters. The minimum absolute atomic E-state index is 0.136. The fraction of sp³-hybridized carbons (Fsp3) is 0.500. The van der Waals surface area contributed by atoms with Crippen LogP contribution in [0.15, 0.2) is 24.3 Å². The Morgan fingerprint density at radius 2 is 1.89 bits per heavy atom. The van der Waals surface area contributed by atoms with Crippen LogP contribution in [0.25, 0.3) is 0 Å². The number of ether oxygens (including phenoxy) is 2. The highest BCUT2D eigenvalue weighted by molar-refractivity contribution is 5.84. The minimum atomic E-state index is -0.837. The van der Waals surface area contributed by atoms with E-state index < -0.39 is 5.60 Å². The Hall–Kier alpha value is -1.55. The fourth-order valence-electron chi connectivity index (χ4n) is 1.57. The molecule has 1 rings (SSSR count). The first-order valence-electron chi connectivity index (χ1n) is 5.91. The third-order valence-electron chi connectivity index (χ3n) is 3.01. The molecule has 1 amide bonds. The van der Waals surface area contributed by atoms with E-state index in [1.54, 1.807) is 21.0 Å². The van der Waals surface area contributed by atoms with Crippen LogP contribution in [-0.4, -0.2) is 25.7 Å². The second kappa shape index (κ2) is 5.87. The lowest BCUT2D eigenvalue weighted by atomic mass is 10.0. The summed E-state index contributed by atoms with van der Waals surface area (Å²) in [6.45, 7) is 5.38. The molecular formula is C14H21NO3. The Morgan fingerprint density at radius 3 is 2.44 bits per heavy atom. The molecule has 1 aromatic rings. The van der Waals surface area contributed by atoms with Gasteiger partial charge in [0.1, 0.15) is 11.4 Å². The van der Waals surface area contributed by atoms with Crippen molar-refractivity contribution in [2.75, 3.05) is 14.2 Å². The number of carbonyl (C=O) groups is 1. The summed E-state index contributed by atoms with van der Waals surface area (Å²) in [5.74, 6) is 0.615. The Kier molecular flexibility index (Phi) is 4.73. The molecule has 0 bridgehead atoms. The molecule has 0 spiro atoms. The Balaban J connectivity index is 2.83. The summed E-state index contributed by atoms with van der Waals surface area (Å²) in [4.78, 5) is 12.0. The number of hydrogen-bond donors (Lipinski definition) is 1. The molecule has 0 unspecified atom stereocenters. The predicted octanol–water partition coefficient (Wildman–Crippen LogP) is 2.30. The normalized spacial score (nSPS) is 12.9. The summed E-state index contributed by atoms with van der Waals surface area (Å²) in [6.07, 6.45) is 0. The second-order valence-corrected chi connectivity index (χ2v) is 4.65. The van der Waals surface area contributed by atoms with E-state index >= 15 is 0 Å². The lowest BCUT2D eigenvalue weighted by Crippen LogP contribution is -2.44. The quantitative estimate of drug-likeness (QED) is 0.873. The standard InChI is InChI=1S/C14H21NO3/c1-10(15-13(16)14(2,3)18-5)11-8-6-7-9-12(11)17-4/h6-10H,1-5H3,(H,15,16)/t10-/m0/s1. The van der Waals surface area contributed by atoms with Gasteiger partial charge in [-0.15, -0.1) is 0 Å². The molecular weight excluding hydrogens is 230 g/mol. The van der Waals surface area contributed by atoms with E-state index in [0.717, 1.165) is 11.3 Å². The molecule has 0 saturated carbocycles. The van der Waals surface area contributed by atoms with Crippen LogP contribution in [0.2, 0.25) is 0 Å². The highest BCUT2D eigenvalue weighted by atomic mass is 16.5. The van der Waals surface area contributed by atoms with Gasteiger partial charge in [-0.05, 0) is 26.8 Å². The van der Waals surface area contributed by atoms with Crippen molar-refractivity contribution in [2.45, 2.75) is 32.4 Å². The van der Waals surface area contributed by atoms with Crippen LogP contribution >= 0.6 is 0 Å². The average molecular weight is 251 g/mol. The summed E-state index contributed by atoms with van der Waals surface area (Å²) in [6, 6.07) is 7.49. The highest BCUT2D eigenvalue weighted by Crippen LogP contribution is 2.24. The van der Waals surface area contributed by atoms with Crippen LogP contribution in [0.4, 0.5) is 0 Å².